The Bertz CT molecular complexity index is 429. The maximum absolute atomic E-state index is 12.3. The zero-order valence-electron chi connectivity index (χ0n) is 11.0. The summed E-state index contributed by atoms with van der Waals surface area (Å²) in [6.07, 6.45) is 2.20. The van der Waals surface area contributed by atoms with Crippen molar-refractivity contribution in [1.29, 1.82) is 0 Å². The van der Waals surface area contributed by atoms with Crippen LogP contribution < -0.4 is 5.73 Å². The number of rotatable bonds is 6. The number of hydrogen-bond donors (Lipinski definition) is 1. The monoisotopic (exact) mass is 285 g/mol. The Hall–Kier alpha value is -1.01. The van der Waals surface area contributed by atoms with Crippen LogP contribution in [0.3, 0.4) is 0 Å². The standard InChI is InChI=1S/C12H19N3OS2/c1-8(2)7-15(5-4-11(13)17)12(16)10-6-14-9(3)18-10/h6,8H,4-5,7H2,1-3H3,(H2,13,17). The highest BCUT2D eigenvalue weighted by molar-refractivity contribution is 7.80. The van der Waals surface area contributed by atoms with Gasteiger partial charge in [-0.2, -0.15) is 0 Å². The van der Waals surface area contributed by atoms with Gasteiger partial charge in [-0.3, -0.25) is 4.79 Å². The van der Waals surface area contributed by atoms with E-state index in [9.17, 15) is 4.79 Å². The summed E-state index contributed by atoms with van der Waals surface area (Å²) in [4.78, 5) is 19.4. The van der Waals surface area contributed by atoms with Gasteiger partial charge in [0, 0.05) is 19.5 Å². The minimum atomic E-state index is 0.0190. The van der Waals surface area contributed by atoms with E-state index in [0.29, 0.717) is 35.3 Å². The Kier molecular flexibility index (Phi) is 5.68. The molecule has 1 rings (SSSR count). The fraction of sp³-hybridized carbons (Fsp3) is 0.583. The highest BCUT2D eigenvalue weighted by atomic mass is 32.1. The Morgan fingerprint density at radius 3 is 2.72 bits per heavy atom. The van der Waals surface area contributed by atoms with Gasteiger partial charge in [0.15, 0.2) is 0 Å². The minimum Gasteiger partial charge on any atom is -0.393 e. The van der Waals surface area contributed by atoms with Crippen molar-refractivity contribution in [3.05, 3.63) is 16.1 Å². The first-order chi connectivity index (χ1) is 8.40. The predicted octanol–water partition coefficient (Wildman–Crippen LogP) is 2.23. The maximum atomic E-state index is 12.3. The maximum Gasteiger partial charge on any atom is 0.265 e. The van der Waals surface area contributed by atoms with Crippen molar-refractivity contribution < 1.29 is 4.79 Å². The summed E-state index contributed by atoms with van der Waals surface area (Å²) in [6, 6.07) is 0. The summed E-state index contributed by atoms with van der Waals surface area (Å²) in [6.45, 7) is 7.34. The zero-order chi connectivity index (χ0) is 13.7. The van der Waals surface area contributed by atoms with E-state index in [0.717, 1.165) is 5.01 Å². The molecular weight excluding hydrogens is 266 g/mol. The van der Waals surface area contributed by atoms with Crippen LogP contribution in [0.1, 0.15) is 34.9 Å². The van der Waals surface area contributed by atoms with Crippen LogP contribution in [0.2, 0.25) is 0 Å². The molecule has 1 heterocycles. The fourth-order valence-electron chi connectivity index (χ4n) is 1.58. The van der Waals surface area contributed by atoms with Crippen LogP contribution in [0.25, 0.3) is 0 Å². The summed E-state index contributed by atoms with van der Waals surface area (Å²) in [5, 5.41) is 0.900. The third kappa shape index (κ3) is 4.70. The van der Waals surface area contributed by atoms with Crippen molar-refractivity contribution in [2.24, 2.45) is 11.7 Å². The van der Waals surface area contributed by atoms with E-state index >= 15 is 0 Å². The number of carbonyl (C=O) groups is 1. The molecule has 1 amide bonds. The quantitative estimate of drug-likeness (QED) is 0.814. The van der Waals surface area contributed by atoms with Gasteiger partial charge in [-0.05, 0) is 12.8 Å². The molecular formula is C12H19N3OS2. The van der Waals surface area contributed by atoms with Gasteiger partial charge >= 0.3 is 0 Å². The van der Waals surface area contributed by atoms with E-state index < -0.39 is 0 Å². The van der Waals surface area contributed by atoms with Gasteiger partial charge in [0.25, 0.3) is 5.91 Å². The first-order valence-electron chi connectivity index (χ1n) is 5.90. The molecule has 0 atom stereocenters. The van der Waals surface area contributed by atoms with Gasteiger partial charge in [0.05, 0.1) is 16.2 Å². The van der Waals surface area contributed by atoms with E-state index in [4.69, 9.17) is 18.0 Å². The molecule has 2 N–H and O–H groups in total. The molecule has 0 aliphatic carbocycles. The van der Waals surface area contributed by atoms with E-state index in [2.05, 4.69) is 18.8 Å². The Labute approximate surface area is 117 Å². The molecule has 0 radical (unpaired) electrons. The summed E-state index contributed by atoms with van der Waals surface area (Å²) in [5.74, 6) is 0.430. The fourth-order valence-corrected chi connectivity index (χ4v) is 2.41. The summed E-state index contributed by atoms with van der Waals surface area (Å²) < 4.78 is 0. The van der Waals surface area contributed by atoms with Gasteiger partial charge in [0.1, 0.15) is 4.88 Å². The van der Waals surface area contributed by atoms with Crippen molar-refractivity contribution in [3.63, 3.8) is 0 Å². The normalized spacial score (nSPS) is 10.7. The lowest BCUT2D eigenvalue weighted by Gasteiger charge is -2.23. The van der Waals surface area contributed by atoms with Crippen molar-refractivity contribution in [1.82, 2.24) is 9.88 Å². The van der Waals surface area contributed by atoms with Gasteiger partial charge in [-0.25, -0.2) is 4.98 Å². The Balaban J connectivity index is 2.75. The predicted molar refractivity (Wildman–Crippen MR) is 79.0 cm³/mol. The van der Waals surface area contributed by atoms with E-state index in [1.165, 1.54) is 11.3 Å². The topological polar surface area (TPSA) is 59.2 Å². The molecule has 0 fully saturated rings. The van der Waals surface area contributed by atoms with E-state index in [1.54, 1.807) is 11.1 Å². The van der Waals surface area contributed by atoms with Gasteiger partial charge in [-0.1, -0.05) is 26.1 Å². The van der Waals surface area contributed by atoms with E-state index in [1.807, 2.05) is 6.92 Å². The van der Waals surface area contributed by atoms with Gasteiger partial charge in [-0.15, -0.1) is 11.3 Å². The molecule has 100 valence electrons. The molecule has 1 aromatic rings. The molecule has 4 nitrogen and oxygen atoms in total. The Morgan fingerprint density at radius 1 is 1.61 bits per heavy atom. The molecule has 0 aliphatic heterocycles. The average Bonchev–Trinajstić information content (AvgIpc) is 2.69. The van der Waals surface area contributed by atoms with Crippen LogP contribution in [0.4, 0.5) is 0 Å². The molecule has 0 aliphatic rings. The third-order valence-corrected chi connectivity index (χ3v) is 3.44. The second-order valence-corrected chi connectivity index (χ2v) is 6.36. The number of nitrogens with zero attached hydrogens (tertiary/aromatic N) is 2. The number of thiazole rings is 1. The minimum absolute atomic E-state index is 0.0190. The largest absolute Gasteiger partial charge is 0.393 e. The molecule has 0 saturated heterocycles. The lowest BCUT2D eigenvalue weighted by molar-refractivity contribution is 0.0746. The smallest absolute Gasteiger partial charge is 0.265 e. The van der Waals surface area contributed by atoms with Crippen molar-refractivity contribution in [2.45, 2.75) is 27.2 Å². The molecule has 0 unspecified atom stereocenters. The van der Waals surface area contributed by atoms with Crippen molar-refractivity contribution in [3.8, 4) is 0 Å². The summed E-state index contributed by atoms with van der Waals surface area (Å²) in [5.41, 5.74) is 5.50. The summed E-state index contributed by atoms with van der Waals surface area (Å²) >= 11 is 6.28. The molecule has 18 heavy (non-hydrogen) atoms. The molecule has 6 heteroatoms. The second kappa shape index (κ2) is 6.80. The number of thiocarbonyl (C=S) groups is 1. The van der Waals surface area contributed by atoms with Crippen LogP contribution in [-0.4, -0.2) is 33.9 Å². The van der Waals surface area contributed by atoms with Crippen molar-refractivity contribution in [2.75, 3.05) is 13.1 Å². The second-order valence-electron chi connectivity index (χ2n) is 4.60. The number of nitrogens with two attached hydrogens (primary N) is 1. The van der Waals surface area contributed by atoms with Crippen LogP contribution in [0.15, 0.2) is 6.20 Å². The third-order valence-electron chi connectivity index (χ3n) is 2.33. The van der Waals surface area contributed by atoms with Crippen LogP contribution >= 0.6 is 23.6 Å². The Morgan fingerprint density at radius 2 is 2.28 bits per heavy atom. The number of aryl methyl sites for hydroxylation is 1. The summed E-state index contributed by atoms with van der Waals surface area (Å²) in [7, 11) is 0. The molecule has 0 saturated carbocycles. The number of carbonyl (C=O) groups excluding carboxylic acids is 1. The first-order valence-corrected chi connectivity index (χ1v) is 7.12. The highest BCUT2D eigenvalue weighted by Crippen LogP contribution is 2.15. The van der Waals surface area contributed by atoms with E-state index in [-0.39, 0.29) is 5.91 Å². The lowest BCUT2D eigenvalue weighted by atomic mass is 10.2. The molecule has 0 aromatic carbocycles. The zero-order valence-corrected chi connectivity index (χ0v) is 12.6. The van der Waals surface area contributed by atoms with Crippen LogP contribution in [0.5, 0.6) is 0 Å². The highest BCUT2D eigenvalue weighted by Gasteiger charge is 2.18. The van der Waals surface area contributed by atoms with Crippen LogP contribution in [-0.2, 0) is 0 Å². The molecule has 0 bridgehead atoms. The van der Waals surface area contributed by atoms with Gasteiger partial charge < -0.3 is 10.6 Å². The average molecular weight is 285 g/mol. The number of aromatic nitrogens is 1. The van der Waals surface area contributed by atoms with Crippen LogP contribution in [0, 0.1) is 12.8 Å². The molecule has 0 spiro atoms. The lowest BCUT2D eigenvalue weighted by Crippen LogP contribution is -2.36. The van der Waals surface area contributed by atoms with Gasteiger partial charge in [0.2, 0.25) is 0 Å². The number of amides is 1. The molecule has 1 aromatic heterocycles. The first kappa shape index (κ1) is 15.0. The SMILES string of the molecule is Cc1ncc(C(=O)N(CCC(N)=S)CC(C)C)s1. The van der Waals surface area contributed by atoms with Crippen molar-refractivity contribution >= 4 is 34.5 Å². The number of hydrogen-bond acceptors (Lipinski definition) is 4.